The quantitative estimate of drug-likeness (QED) is 0.702. The van der Waals surface area contributed by atoms with Gasteiger partial charge in [-0.05, 0) is 31.6 Å². The van der Waals surface area contributed by atoms with Crippen molar-refractivity contribution >= 4 is 22.1 Å². The molecule has 2 aliphatic heterocycles. The summed E-state index contributed by atoms with van der Waals surface area (Å²) in [5, 5.41) is 4.70. The molecule has 2 saturated heterocycles. The zero-order valence-electron chi connectivity index (χ0n) is 15.7. The molecule has 1 atom stereocenters. The fourth-order valence-electron chi connectivity index (χ4n) is 3.95. The summed E-state index contributed by atoms with van der Waals surface area (Å²) in [7, 11) is -0.910. The Morgan fingerprint density at radius 1 is 1.30 bits per heavy atom. The van der Waals surface area contributed by atoms with Crippen LogP contribution in [0.2, 0.25) is 0 Å². The van der Waals surface area contributed by atoms with Gasteiger partial charge in [-0.3, -0.25) is 9.80 Å². The van der Waals surface area contributed by atoms with Crippen LogP contribution in [-0.4, -0.2) is 76.3 Å². The fourth-order valence-corrected chi connectivity index (χ4v) is 5.90. The van der Waals surface area contributed by atoms with E-state index in [2.05, 4.69) is 9.80 Å². The summed E-state index contributed by atoms with van der Waals surface area (Å²) in [4.78, 5) is 4.63. The minimum absolute atomic E-state index is 0.185. The summed E-state index contributed by atoms with van der Waals surface area (Å²) in [6, 6.07) is 2.09. The highest BCUT2D eigenvalue weighted by Gasteiger charge is 2.33. The molecule has 0 radical (unpaired) electrons. The highest BCUT2D eigenvalue weighted by Crippen LogP contribution is 2.23. The molecule has 8 nitrogen and oxygen atoms in total. The van der Waals surface area contributed by atoms with Gasteiger partial charge in [0.15, 0.2) is 20.4 Å². The molecule has 2 fully saturated rings. The van der Waals surface area contributed by atoms with Crippen LogP contribution < -0.4 is 0 Å². The van der Waals surface area contributed by atoms with E-state index >= 15 is 0 Å². The molecule has 0 bridgehead atoms. The summed E-state index contributed by atoms with van der Waals surface area (Å²) >= 11 is 5.56. The Labute approximate surface area is 164 Å². The monoisotopic (exact) mass is 411 g/mol. The second-order valence-corrected chi connectivity index (χ2v) is 10.0. The molecule has 4 rings (SSSR count). The van der Waals surface area contributed by atoms with Crippen molar-refractivity contribution in [2.24, 2.45) is 7.05 Å². The average Bonchev–Trinajstić information content (AvgIpc) is 3.29. The number of rotatable bonds is 4. The zero-order valence-corrected chi connectivity index (χ0v) is 17.3. The largest absolute Gasteiger partial charge is 0.469 e. The predicted molar refractivity (Wildman–Crippen MR) is 105 cm³/mol. The van der Waals surface area contributed by atoms with Crippen molar-refractivity contribution < 1.29 is 12.8 Å². The molecule has 0 N–H and O–H groups in total. The van der Waals surface area contributed by atoms with Crippen molar-refractivity contribution in [3.05, 3.63) is 22.9 Å². The Morgan fingerprint density at radius 3 is 2.63 bits per heavy atom. The van der Waals surface area contributed by atoms with Crippen LogP contribution in [0.4, 0.5) is 0 Å². The van der Waals surface area contributed by atoms with Crippen molar-refractivity contribution in [1.29, 1.82) is 0 Å². The van der Waals surface area contributed by atoms with Gasteiger partial charge in [-0.25, -0.2) is 13.1 Å². The summed E-state index contributed by atoms with van der Waals surface area (Å²) in [6.07, 6.45) is 2.43. The molecule has 0 aliphatic carbocycles. The van der Waals surface area contributed by atoms with Gasteiger partial charge in [-0.2, -0.15) is 5.10 Å². The third-order valence-corrected chi connectivity index (χ3v) is 7.84. The Balaban J connectivity index is 1.41. The van der Waals surface area contributed by atoms with Crippen LogP contribution in [0.25, 0.3) is 11.4 Å². The van der Waals surface area contributed by atoms with E-state index in [-0.39, 0.29) is 6.04 Å². The van der Waals surface area contributed by atoms with Crippen LogP contribution in [0, 0.1) is 11.7 Å². The molecule has 0 unspecified atom stereocenters. The normalized spacial score (nSPS) is 23.9. The Kier molecular flexibility index (Phi) is 5.00. The Bertz CT molecular complexity index is 983. The topological polar surface area (TPSA) is 76.5 Å². The number of furan rings is 1. The number of hydrogen-bond donors (Lipinski definition) is 0. The van der Waals surface area contributed by atoms with Gasteiger partial charge in [-0.15, -0.1) is 0 Å². The Morgan fingerprint density at radius 2 is 2.04 bits per heavy atom. The van der Waals surface area contributed by atoms with Crippen LogP contribution in [0.15, 0.2) is 16.7 Å². The molecular formula is C17H25N5O3S2. The first-order valence-corrected chi connectivity index (χ1v) is 11.4. The number of sulfone groups is 1. The smallest absolute Gasteiger partial charge is 0.199 e. The summed E-state index contributed by atoms with van der Waals surface area (Å²) in [5.41, 5.74) is 0.953. The van der Waals surface area contributed by atoms with E-state index in [9.17, 15) is 8.42 Å². The van der Waals surface area contributed by atoms with Gasteiger partial charge < -0.3 is 8.98 Å². The van der Waals surface area contributed by atoms with E-state index in [1.54, 1.807) is 6.26 Å². The maximum atomic E-state index is 11.7. The molecule has 0 aromatic carbocycles. The second-order valence-electron chi connectivity index (χ2n) is 7.41. The van der Waals surface area contributed by atoms with E-state index < -0.39 is 9.84 Å². The van der Waals surface area contributed by atoms with E-state index in [1.807, 2.05) is 29.3 Å². The number of hydrogen-bond acceptors (Lipinski definition) is 7. The summed E-state index contributed by atoms with van der Waals surface area (Å²) < 4.78 is 33.3. The van der Waals surface area contributed by atoms with E-state index in [0.717, 1.165) is 49.7 Å². The van der Waals surface area contributed by atoms with Crippen LogP contribution >= 0.6 is 12.2 Å². The van der Waals surface area contributed by atoms with Gasteiger partial charge in [0.1, 0.15) is 5.76 Å². The molecule has 0 saturated carbocycles. The SMILES string of the molecule is Cc1occc1-c1nn(CN2CCN([C@H]3CCS(=O)(=O)C3)CC2)c(=S)n1C. The third-order valence-electron chi connectivity index (χ3n) is 5.61. The van der Waals surface area contributed by atoms with Gasteiger partial charge in [0.05, 0.1) is 30.0 Å². The lowest BCUT2D eigenvalue weighted by Gasteiger charge is -2.37. The second kappa shape index (κ2) is 7.16. The van der Waals surface area contributed by atoms with Crippen LogP contribution in [0.1, 0.15) is 12.2 Å². The minimum atomic E-state index is -2.83. The highest BCUT2D eigenvalue weighted by molar-refractivity contribution is 7.91. The molecule has 0 spiro atoms. The lowest BCUT2D eigenvalue weighted by atomic mass is 10.2. The highest BCUT2D eigenvalue weighted by atomic mass is 32.2. The van der Waals surface area contributed by atoms with Crippen molar-refractivity contribution in [3.8, 4) is 11.4 Å². The number of piperazine rings is 1. The molecular weight excluding hydrogens is 386 g/mol. The molecule has 2 aromatic heterocycles. The molecule has 2 aromatic rings. The molecule has 2 aliphatic rings. The average molecular weight is 412 g/mol. The number of aromatic nitrogens is 3. The molecule has 4 heterocycles. The first-order chi connectivity index (χ1) is 12.8. The van der Waals surface area contributed by atoms with Gasteiger partial charge in [0.25, 0.3) is 0 Å². The standard InChI is InChI=1S/C17H25N5O3S2/c1-13-15(3-9-25-13)16-18-22(17(26)19(16)2)12-20-5-7-21(8-6-20)14-4-10-27(23,24)11-14/h3,9,14H,4-8,10-12H2,1-2H3/t14-/m0/s1. The van der Waals surface area contributed by atoms with Gasteiger partial charge in [0, 0.05) is 39.3 Å². The van der Waals surface area contributed by atoms with Crippen LogP contribution in [0.5, 0.6) is 0 Å². The lowest BCUT2D eigenvalue weighted by molar-refractivity contribution is 0.0808. The van der Waals surface area contributed by atoms with E-state index in [1.165, 1.54) is 0 Å². The maximum Gasteiger partial charge on any atom is 0.199 e. The van der Waals surface area contributed by atoms with Crippen LogP contribution in [-0.2, 0) is 23.6 Å². The predicted octanol–water partition coefficient (Wildman–Crippen LogP) is 1.28. The van der Waals surface area contributed by atoms with Crippen molar-refractivity contribution in [2.45, 2.75) is 26.1 Å². The molecule has 27 heavy (non-hydrogen) atoms. The van der Waals surface area contributed by atoms with Gasteiger partial charge >= 0.3 is 0 Å². The van der Waals surface area contributed by atoms with Crippen molar-refractivity contribution in [3.63, 3.8) is 0 Å². The summed E-state index contributed by atoms with van der Waals surface area (Å²) in [6.45, 7) is 6.09. The fraction of sp³-hybridized carbons (Fsp3) is 0.647. The number of aryl methyl sites for hydroxylation is 1. The van der Waals surface area contributed by atoms with E-state index in [4.69, 9.17) is 21.7 Å². The lowest BCUT2D eigenvalue weighted by Crippen LogP contribution is -2.50. The third kappa shape index (κ3) is 3.75. The van der Waals surface area contributed by atoms with Gasteiger partial charge in [-0.1, -0.05) is 0 Å². The zero-order chi connectivity index (χ0) is 19.2. The Hall–Kier alpha value is -1.49. The maximum absolute atomic E-state index is 11.7. The molecule has 148 valence electrons. The number of nitrogens with zero attached hydrogens (tertiary/aromatic N) is 5. The first kappa shape index (κ1) is 18.9. The first-order valence-electron chi connectivity index (χ1n) is 9.19. The summed E-state index contributed by atoms with van der Waals surface area (Å²) in [5.74, 6) is 2.27. The van der Waals surface area contributed by atoms with E-state index in [0.29, 0.717) is 22.9 Å². The minimum Gasteiger partial charge on any atom is -0.469 e. The van der Waals surface area contributed by atoms with Crippen LogP contribution in [0.3, 0.4) is 0 Å². The molecule has 10 heteroatoms. The van der Waals surface area contributed by atoms with Gasteiger partial charge in [0.2, 0.25) is 0 Å². The van der Waals surface area contributed by atoms with Crippen molar-refractivity contribution in [2.75, 3.05) is 37.7 Å². The van der Waals surface area contributed by atoms with Crippen molar-refractivity contribution in [1.82, 2.24) is 24.1 Å². The molecule has 0 amide bonds.